The van der Waals surface area contributed by atoms with Crippen LogP contribution in [0.4, 0.5) is 0 Å². The Morgan fingerprint density at radius 1 is 1.03 bits per heavy atom. The Hall–Kier alpha value is -2.42. The predicted molar refractivity (Wildman–Crippen MR) is 118 cm³/mol. The molecule has 1 amide bonds. The van der Waals surface area contributed by atoms with Crippen LogP contribution in [0, 0.1) is 0 Å². The fourth-order valence-electron chi connectivity index (χ4n) is 3.60. The Labute approximate surface area is 177 Å². The van der Waals surface area contributed by atoms with Crippen LogP contribution in [0.25, 0.3) is 11.2 Å². The molecule has 9 nitrogen and oxygen atoms in total. The van der Waals surface area contributed by atoms with Gasteiger partial charge in [-0.25, -0.2) is 9.78 Å². The van der Waals surface area contributed by atoms with Crippen molar-refractivity contribution >= 4 is 17.1 Å². The van der Waals surface area contributed by atoms with Crippen molar-refractivity contribution < 1.29 is 4.79 Å². The largest absolute Gasteiger partial charge is 0.355 e. The summed E-state index contributed by atoms with van der Waals surface area (Å²) in [6.07, 6.45) is 11.3. The third-order valence-corrected chi connectivity index (χ3v) is 5.47. The smallest absolute Gasteiger partial charge is 0.332 e. The van der Waals surface area contributed by atoms with Crippen molar-refractivity contribution in [3.8, 4) is 0 Å². The highest BCUT2D eigenvalue weighted by atomic mass is 16.2. The van der Waals surface area contributed by atoms with Crippen LogP contribution in [-0.4, -0.2) is 37.2 Å². The lowest BCUT2D eigenvalue weighted by atomic mass is 10.1. The van der Waals surface area contributed by atoms with Gasteiger partial charge in [0.2, 0.25) is 5.91 Å². The minimum absolute atomic E-state index is 0.0876. The second kappa shape index (κ2) is 11.7. The molecule has 0 radical (unpaired) electrons. The van der Waals surface area contributed by atoms with Gasteiger partial charge in [-0.2, -0.15) is 0 Å². The molecule has 0 aliphatic rings. The monoisotopic (exact) mass is 420 g/mol. The van der Waals surface area contributed by atoms with Crippen LogP contribution in [0.1, 0.15) is 64.7 Å². The molecule has 3 N–H and O–H groups in total. The Morgan fingerprint density at radius 2 is 1.60 bits per heavy atom. The van der Waals surface area contributed by atoms with Crippen molar-refractivity contribution in [1.29, 1.82) is 0 Å². The van der Waals surface area contributed by atoms with E-state index in [4.69, 9.17) is 5.73 Å². The molecule has 0 bridgehead atoms. The molecule has 0 aliphatic carbocycles. The number of hydrogen-bond donors (Lipinski definition) is 2. The van der Waals surface area contributed by atoms with E-state index < -0.39 is 6.04 Å². The first-order valence-electron chi connectivity index (χ1n) is 11.0. The number of nitrogens with one attached hydrogen (secondary N) is 1. The maximum atomic E-state index is 12.6. The average molecular weight is 421 g/mol. The summed E-state index contributed by atoms with van der Waals surface area (Å²) < 4.78 is 4.44. The fraction of sp³-hybridized carbons (Fsp3) is 0.714. The molecule has 0 saturated carbocycles. The standard InChI is InChI=1S/C21H36N6O3/c1-16(22)19(28)23-13-11-9-7-5-4-6-8-10-12-14-27-20(29)17-18(24-15-25(17)2)26(3)21(27)30/h15-16H,4-14,22H2,1-3H3,(H,23,28). The highest BCUT2D eigenvalue weighted by molar-refractivity contribution is 5.80. The van der Waals surface area contributed by atoms with E-state index in [9.17, 15) is 14.4 Å². The van der Waals surface area contributed by atoms with Crippen molar-refractivity contribution in [2.75, 3.05) is 6.54 Å². The molecule has 0 aromatic carbocycles. The first-order valence-corrected chi connectivity index (χ1v) is 11.0. The van der Waals surface area contributed by atoms with Gasteiger partial charge in [0.25, 0.3) is 5.56 Å². The number of amides is 1. The Balaban J connectivity index is 1.60. The molecule has 1 unspecified atom stereocenters. The number of aromatic nitrogens is 4. The zero-order valence-corrected chi connectivity index (χ0v) is 18.5. The van der Waals surface area contributed by atoms with E-state index in [2.05, 4.69) is 10.3 Å². The number of hydrogen-bond acceptors (Lipinski definition) is 5. The van der Waals surface area contributed by atoms with Crippen LogP contribution in [0.2, 0.25) is 0 Å². The van der Waals surface area contributed by atoms with E-state index in [0.717, 1.165) is 38.5 Å². The summed E-state index contributed by atoms with van der Waals surface area (Å²) in [5, 5.41) is 2.83. The van der Waals surface area contributed by atoms with Crippen LogP contribution >= 0.6 is 0 Å². The van der Waals surface area contributed by atoms with E-state index in [1.54, 1.807) is 31.9 Å². The second-order valence-electron chi connectivity index (χ2n) is 8.09. The van der Waals surface area contributed by atoms with Crippen molar-refractivity contribution in [3.05, 3.63) is 27.2 Å². The quantitative estimate of drug-likeness (QED) is 0.475. The van der Waals surface area contributed by atoms with Gasteiger partial charge in [-0.1, -0.05) is 44.9 Å². The van der Waals surface area contributed by atoms with Gasteiger partial charge in [0.15, 0.2) is 11.2 Å². The van der Waals surface area contributed by atoms with Crippen LogP contribution in [-0.2, 0) is 25.4 Å². The topological polar surface area (TPSA) is 117 Å². The van der Waals surface area contributed by atoms with E-state index in [1.165, 1.54) is 28.4 Å². The average Bonchev–Trinajstić information content (AvgIpc) is 3.10. The third-order valence-electron chi connectivity index (χ3n) is 5.47. The Kier molecular flexibility index (Phi) is 9.29. The number of imidazole rings is 1. The summed E-state index contributed by atoms with van der Waals surface area (Å²) in [6.45, 7) is 2.83. The summed E-state index contributed by atoms with van der Waals surface area (Å²) in [5.41, 5.74) is 5.83. The number of carbonyl (C=O) groups is 1. The molecule has 168 valence electrons. The van der Waals surface area contributed by atoms with E-state index in [0.29, 0.717) is 24.3 Å². The molecule has 0 saturated heterocycles. The van der Waals surface area contributed by atoms with Crippen LogP contribution in [0.5, 0.6) is 0 Å². The number of aryl methyl sites for hydroxylation is 2. The first kappa shape index (κ1) is 23.9. The molecule has 0 spiro atoms. The van der Waals surface area contributed by atoms with Crippen molar-refractivity contribution in [1.82, 2.24) is 24.0 Å². The molecule has 2 rings (SSSR count). The molecule has 2 aromatic rings. The van der Waals surface area contributed by atoms with Crippen LogP contribution < -0.4 is 22.3 Å². The van der Waals surface area contributed by atoms with Crippen molar-refractivity contribution in [2.45, 2.75) is 77.3 Å². The lowest BCUT2D eigenvalue weighted by molar-refractivity contribution is -0.121. The molecule has 0 aliphatic heterocycles. The van der Waals surface area contributed by atoms with Gasteiger partial charge in [-0.05, 0) is 19.8 Å². The predicted octanol–water partition coefficient (Wildman–Crippen LogP) is 1.41. The molecule has 1 atom stereocenters. The van der Waals surface area contributed by atoms with Gasteiger partial charge >= 0.3 is 5.69 Å². The molecule has 2 aromatic heterocycles. The SMILES string of the molecule is CC(N)C(=O)NCCCCCCCCCCCn1c(=O)c2c(ncn2C)n(C)c1=O. The zero-order valence-electron chi connectivity index (χ0n) is 18.5. The third kappa shape index (κ3) is 6.29. The fourth-order valence-corrected chi connectivity index (χ4v) is 3.60. The summed E-state index contributed by atoms with van der Waals surface area (Å²) in [4.78, 5) is 40.5. The minimum atomic E-state index is -0.440. The normalized spacial score (nSPS) is 12.4. The summed E-state index contributed by atoms with van der Waals surface area (Å²) >= 11 is 0. The maximum Gasteiger partial charge on any atom is 0.332 e. The minimum Gasteiger partial charge on any atom is -0.355 e. The number of unbranched alkanes of at least 4 members (excludes halogenated alkanes) is 8. The van der Waals surface area contributed by atoms with Crippen LogP contribution in [0.3, 0.4) is 0 Å². The summed E-state index contributed by atoms with van der Waals surface area (Å²) in [5.74, 6) is -0.0876. The number of rotatable bonds is 13. The number of carbonyl (C=O) groups excluding carboxylic acids is 1. The van der Waals surface area contributed by atoms with E-state index in [-0.39, 0.29) is 17.2 Å². The van der Waals surface area contributed by atoms with Gasteiger partial charge in [-0.3, -0.25) is 18.7 Å². The highest BCUT2D eigenvalue weighted by Gasteiger charge is 2.14. The molecule has 2 heterocycles. The number of nitrogens with zero attached hydrogens (tertiary/aromatic N) is 4. The molecule has 30 heavy (non-hydrogen) atoms. The second-order valence-corrected chi connectivity index (χ2v) is 8.09. The van der Waals surface area contributed by atoms with Gasteiger partial charge in [0.1, 0.15) is 0 Å². The summed E-state index contributed by atoms with van der Waals surface area (Å²) in [6, 6.07) is -0.440. The van der Waals surface area contributed by atoms with Gasteiger partial charge in [-0.15, -0.1) is 0 Å². The van der Waals surface area contributed by atoms with Gasteiger partial charge < -0.3 is 15.6 Å². The van der Waals surface area contributed by atoms with Gasteiger partial charge in [0.05, 0.1) is 12.4 Å². The molecular weight excluding hydrogens is 384 g/mol. The van der Waals surface area contributed by atoms with E-state index in [1.807, 2.05) is 0 Å². The van der Waals surface area contributed by atoms with Gasteiger partial charge in [0, 0.05) is 27.2 Å². The van der Waals surface area contributed by atoms with E-state index >= 15 is 0 Å². The molecule has 9 heteroatoms. The zero-order chi connectivity index (χ0) is 22.1. The number of nitrogens with two attached hydrogens (primary N) is 1. The highest BCUT2D eigenvalue weighted by Crippen LogP contribution is 2.10. The Morgan fingerprint density at radius 3 is 2.20 bits per heavy atom. The first-order chi connectivity index (χ1) is 14.3. The van der Waals surface area contributed by atoms with Crippen LogP contribution in [0.15, 0.2) is 15.9 Å². The number of fused-ring (bicyclic) bond motifs is 1. The maximum absolute atomic E-state index is 12.6. The Bertz CT molecular complexity index is 941. The molecular formula is C21H36N6O3. The lowest BCUT2D eigenvalue weighted by Crippen LogP contribution is -2.39. The lowest BCUT2D eigenvalue weighted by Gasteiger charge is -2.09. The molecule has 0 fully saturated rings. The van der Waals surface area contributed by atoms with Crippen molar-refractivity contribution in [3.63, 3.8) is 0 Å². The summed E-state index contributed by atoms with van der Waals surface area (Å²) in [7, 11) is 3.42. The van der Waals surface area contributed by atoms with Crippen molar-refractivity contribution in [2.24, 2.45) is 19.8 Å².